The topological polar surface area (TPSA) is 64.4 Å². The first-order valence-corrected chi connectivity index (χ1v) is 10.5. The Morgan fingerprint density at radius 1 is 1.23 bits per heavy atom. The van der Waals surface area contributed by atoms with Crippen LogP contribution in [0.1, 0.15) is 43.1 Å². The van der Waals surface area contributed by atoms with Crippen LogP contribution in [-0.4, -0.2) is 46.3 Å². The maximum atomic E-state index is 13.3. The molecule has 0 bridgehead atoms. The quantitative estimate of drug-likeness (QED) is 0.650. The van der Waals surface area contributed by atoms with Crippen LogP contribution in [0.5, 0.6) is 0 Å². The SMILES string of the molecule is CCOC(=O)[C@@]1(Cc2ccc(F)cc2)CCCN(C(=O)CCn2nc(C)cc2C)C1. The number of benzene rings is 1. The Bertz CT molecular complexity index is 894. The van der Waals surface area contributed by atoms with Gasteiger partial charge in [-0.3, -0.25) is 14.3 Å². The molecule has 0 unspecified atom stereocenters. The maximum Gasteiger partial charge on any atom is 0.314 e. The van der Waals surface area contributed by atoms with Crippen LogP contribution in [0.25, 0.3) is 0 Å². The van der Waals surface area contributed by atoms with Gasteiger partial charge < -0.3 is 9.64 Å². The van der Waals surface area contributed by atoms with Crippen molar-refractivity contribution in [1.29, 1.82) is 0 Å². The van der Waals surface area contributed by atoms with E-state index in [2.05, 4.69) is 5.10 Å². The van der Waals surface area contributed by atoms with E-state index in [4.69, 9.17) is 4.74 Å². The molecule has 6 nitrogen and oxygen atoms in total. The standard InChI is InChI=1S/C23H30FN3O3/c1-4-30-22(29)23(15-19-6-8-20(24)9-7-19)11-5-12-26(16-23)21(28)10-13-27-18(3)14-17(2)25-27/h6-9,14H,4-5,10-13,15-16H2,1-3H3/t23-/m1/s1. The minimum absolute atomic E-state index is 0.00929. The number of aryl methyl sites for hydroxylation is 3. The molecule has 0 saturated carbocycles. The van der Waals surface area contributed by atoms with Crippen LogP contribution in [0.15, 0.2) is 30.3 Å². The predicted octanol–water partition coefficient (Wildman–Crippen LogP) is 3.44. The second-order valence-electron chi connectivity index (χ2n) is 8.12. The van der Waals surface area contributed by atoms with Crippen molar-refractivity contribution in [3.63, 3.8) is 0 Å². The third-order valence-corrected chi connectivity index (χ3v) is 5.73. The Morgan fingerprint density at radius 2 is 1.97 bits per heavy atom. The van der Waals surface area contributed by atoms with Crippen molar-refractivity contribution >= 4 is 11.9 Å². The lowest BCUT2D eigenvalue weighted by atomic mass is 9.75. The number of hydrogen-bond acceptors (Lipinski definition) is 4. The van der Waals surface area contributed by atoms with E-state index in [1.54, 1.807) is 24.0 Å². The summed E-state index contributed by atoms with van der Waals surface area (Å²) >= 11 is 0. The lowest BCUT2D eigenvalue weighted by molar-refractivity contribution is -0.160. The number of esters is 1. The number of likely N-dealkylation sites (tertiary alicyclic amines) is 1. The van der Waals surface area contributed by atoms with E-state index in [0.29, 0.717) is 38.9 Å². The zero-order valence-electron chi connectivity index (χ0n) is 18.0. The summed E-state index contributed by atoms with van der Waals surface area (Å²) in [6, 6.07) is 8.17. The third kappa shape index (κ3) is 5.07. The number of amides is 1. The summed E-state index contributed by atoms with van der Waals surface area (Å²) in [5.74, 6) is -0.589. The molecule has 1 aromatic heterocycles. The molecule has 7 heteroatoms. The van der Waals surface area contributed by atoms with Gasteiger partial charge >= 0.3 is 5.97 Å². The zero-order chi connectivity index (χ0) is 21.7. The van der Waals surface area contributed by atoms with Crippen LogP contribution in [0.4, 0.5) is 4.39 Å². The molecule has 1 saturated heterocycles. The summed E-state index contributed by atoms with van der Waals surface area (Å²) in [5.41, 5.74) is 2.01. The molecule has 1 amide bonds. The smallest absolute Gasteiger partial charge is 0.314 e. The number of rotatable bonds is 7. The number of carbonyl (C=O) groups excluding carboxylic acids is 2. The Labute approximate surface area is 177 Å². The van der Waals surface area contributed by atoms with Crippen LogP contribution in [0.2, 0.25) is 0 Å². The minimum Gasteiger partial charge on any atom is -0.466 e. The normalized spacial score (nSPS) is 19.0. The van der Waals surface area contributed by atoms with Crippen molar-refractivity contribution < 1.29 is 18.7 Å². The summed E-state index contributed by atoms with van der Waals surface area (Å²) < 4.78 is 20.5. The lowest BCUT2D eigenvalue weighted by Gasteiger charge is -2.41. The number of piperidine rings is 1. The van der Waals surface area contributed by atoms with E-state index >= 15 is 0 Å². The van der Waals surface area contributed by atoms with Crippen LogP contribution < -0.4 is 0 Å². The number of ether oxygens (including phenoxy) is 1. The lowest BCUT2D eigenvalue weighted by Crippen LogP contribution is -2.51. The largest absolute Gasteiger partial charge is 0.466 e. The first-order chi connectivity index (χ1) is 14.3. The van der Waals surface area contributed by atoms with Crippen LogP contribution in [0.3, 0.4) is 0 Å². The summed E-state index contributed by atoms with van der Waals surface area (Å²) in [6.07, 6.45) is 2.13. The third-order valence-electron chi connectivity index (χ3n) is 5.73. The minimum atomic E-state index is -0.806. The first kappa shape index (κ1) is 22.0. The number of halogens is 1. The molecule has 1 aliphatic rings. The van der Waals surface area contributed by atoms with Gasteiger partial charge in [-0.2, -0.15) is 5.10 Å². The molecule has 0 radical (unpaired) electrons. The summed E-state index contributed by atoms with van der Waals surface area (Å²) in [7, 11) is 0. The van der Waals surface area contributed by atoms with Crippen LogP contribution >= 0.6 is 0 Å². The Morgan fingerprint density at radius 3 is 2.60 bits per heavy atom. The van der Waals surface area contributed by atoms with Crippen molar-refractivity contribution in [1.82, 2.24) is 14.7 Å². The molecule has 0 spiro atoms. The van der Waals surface area contributed by atoms with E-state index in [-0.39, 0.29) is 24.3 Å². The molecule has 3 rings (SSSR count). The molecule has 1 aromatic carbocycles. The number of nitrogens with zero attached hydrogens (tertiary/aromatic N) is 3. The van der Waals surface area contributed by atoms with E-state index < -0.39 is 5.41 Å². The fourth-order valence-electron chi connectivity index (χ4n) is 4.27. The molecule has 1 fully saturated rings. The highest BCUT2D eigenvalue weighted by atomic mass is 19.1. The molecule has 162 valence electrons. The van der Waals surface area contributed by atoms with Crippen LogP contribution in [0, 0.1) is 25.1 Å². The second kappa shape index (κ2) is 9.41. The average molecular weight is 416 g/mol. The van der Waals surface area contributed by atoms with E-state index in [1.807, 2.05) is 24.6 Å². The molecule has 2 aromatic rings. The highest BCUT2D eigenvalue weighted by molar-refractivity contribution is 5.81. The fourth-order valence-corrected chi connectivity index (χ4v) is 4.27. The van der Waals surface area contributed by atoms with E-state index in [0.717, 1.165) is 23.4 Å². The second-order valence-corrected chi connectivity index (χ2v) is 8.12. The Kier molecular flexibility index (Phi) is 6.90. The maximum absolute atomic E-state index is 13.3. The summed E-state index contributed by atoms with van der Waals surface area (Å²) in [6.45, 7) is 7.43. The van der Waals surface area contributed by atoms with Crippen molar-refractivity contribution in [3.8, 4) is 0 Å². The average Bonchev–Trinajstić information content (AvgIpc) is 3.05. The molecule has 30 heavy (non-hydrogen) atoms. The molecule has 2 heterocycles. The molecule has 1 aliphatic heterocycles. The van der Waals surface area contributed by atoms with Gasteiger partial charge in [-0.15, -0.1) is 0 Å². The summed E-state index contributed by atoms with van der Waals surface area (Å²) in [5, 5.41) is 4.41. The highest BCUT2D eigenvalue weighted by Crippen LogP contribution is 2.35. The van der Waals surface area contributed by atoms with Crippen molar-refractivity contribution in [2.24, 2.45) is 5.41 Å². The number of carbonyl (C=O) groups is 2. The van der Waals surface area contributed by atoms with Gasteiger partial charge in [-0.05, 0) is 63.8 Å². The molecule has 1 atom stereocenters. The van der Waals surface area contributed by atoms with Gasteiger partial charge in [0, 0.05) is 31.7 Å². The zero-order valence-corrected chi connectivity index (χ0v) is 18.0. The van der Waals surface area contributed by atoms with Gasteiger partial charge in [0.15, 0.2) is 0 Å². The van der Waals surface area contributed by atoms with Gasteiger partial charge in [0.1, 0.15) is 5.82 Å². The van der Waals surface area contributed by atoms with Gasteiger partial charge in [0.2, 0.25) is 5.91 Å². The number of aromatic nitrogens is 2. The fraction of sp³-hybridized carbons (Fsp3) is 0.522. The van der Waals surface area contributed by atoms with E-state index in [1.165, 1.54) is 12.1 Å². The first-order valence-electron chi connectivity index (χ1n) is 10.5. The van der Waals surface area contributed by atoms with E-state index in [9.17, 15) is 14.0 Å². The van der Waals surface area contributed by atoms with Gasteiger partial charge in [0.25, 0.3) is 0 Å². The monoisotopic (exact) mass is 415 g/mol. The van der Waals surface area contributed by atoms with Crippen LogP contribution in [-0.2, 0) is 27.3 Å². The van der Waals surface area contributed by atoms with Crippen molar-refractivity contribution in [2.75, 3.05) is 19.7 Å². The summed E-state index contributed by atoms with van der Waals surface area (Å²) in [4.78, 5) is 27.6. The van der Waals surface area contributed by atoms with Crippen molar-refractivity contribution in [3.05, 3.63) is 53.1 Å². The van der Waals surface area contributed by atoms with Gasteiger partial charge in [-0.25, -0.2) is 4.39 Å². The van der Waals surface area contributed by atoms with Crippen molar-refractivity contribution in [2.45, 2.75) is 53.0 Å². The molecular formula is C23H30FN3O3. The molecule has 0 N–H and O–H groups in total. The van der Waals surface area contributed by atoms with Gasteiger partial charge in [0.05, 0.1) is 17.7 Å². The molecular weight excluding hydrogens is 385 g/mol. The highest BCUT2D eigenvalue weighted by Gasteiger charge is 2.44. The predicted molar refractivity (Wildman–Crippen MR) is 111 cm³/mol. The number of hydrogen-bond donors (Lipinski definition) is 0. The Balaban J connectivity index is 1.73. The molecule has 0 aliphatic carbocycles. The Hall–Kier alpha value is -2.70. The van der Waals surface area contributed by atoms with Gasteiger partial charge in [-0.1, -0.05) is 12.1 Å².